The molecule has 200 valence electrons. The Morgan fingerprint density at radius 2 is 1.14 bits per heavy atom. The Morgan fingerprint density at radius 1 is 0.676 bits per heavy atom. The molecule has 0 bridgehead atoms. The second-order valence-corrected chi connectivity index (χ2v) is 11.5. The molecule has 37 heavy (non-hydrogen) atoms. The van der Waals surface area contributed by atoms with E-state index in [4.69, 9.17) is 0 Å². The Labute approximate surface area is 268 Å². The molecular weight excluding hydrogens is 508 g/mol. The van der Waals surface area contributed by atoms with E-state index < -0.39 is 16.5 Å². The van der Waals surface area contributed by atoms with Gasteiger partial charge in [-0.25, -0.2) is 8.42 Å². The maximum Gasteiger partial charge on any atom is 1.00 e. The molecule has 0 radical (unpaired) electrons. The first-order valence-electron chi connectivity index (χ1n) is 14.2. The van der Waals surface area contributed by atoms with Gasteiger partial charge in [0.25, 0.3) is 0 Å². The molecule has 5 nitrogen and oxygen atoms in total. The van der Waals surface area contributed by atoms with E-state index in [2.05, 4.69) is 11.8 Å². The number of hydrogen-bond donors (Lipinski definition) is 0. The van der Waals surface area contributed by atoms with Gasteiger partial charge in [0.15, 0.2) is 10.3 Å². The number of hydrogen-bond acceptors (Lipinski definition) is 4. The van der Waals surface area contributed by atoms with E-state index in [0.29, 0.717) is 18.7 Å². The molecule has 1 atom stereocenters. The van der Waals surface area contributed by atoms with Gasteiger partial charge < -0.3 is 9.45 Å². The fourth-order valence-electron chi connectivity index (χ4n) is 5.38. The van der Waals surface area contributed by atoms with Crippen LogP contribution in [-0.2, 0) is 16.8 Å². The van der Waals surface area contributed by atoms with E-state index in [9.17, 15) is 13.0 Å². The van der Waals surface area contributed by atoms with Gasteiger partial charge in [-0.1, -0.05) is 133 Å². The number of benzene rings is 2. The Hall–Kier alpha value is -0.414. The molecule has 1 unspecified atom stereocenters. The molecule has 1 aliphatic rings. The van der Waals surface area contributed by atoms with Gasteiger partial charge >= 0.3 is 51.4 Å². The molecule has 7 heteroatoms. The Bertz CT molecular complexity index is 987. The Balaban J connectivity index is 0.00000481. The third kappa shape index (κ3) is 10.9. The van der Waals surface area contributed by atoms with Crippen LogP contribution in [0.2, 0.25) is 0 Å². The van der Waals surface area contributed by atoms with E-state index in [1.165, 1.54) is 77.0 Å². The maximum atomic E-state index is 12.3. The minimum atomic E-state index is -4.62. The Morgan fingerprint density at radius 3 is 1.65 bits per heavy atom. The van der Waals surface area contributed by atoms with Crippen molar-refractivity contribution >= 4 is 21.7 Å². The van der Waals surface area contributed by atoms with Crippen molar-refractivity contribution in [3.63, 3.8) is 0 Å². The summed E-state index contributed by atoms with van der Waals surface area (Å²) < 4.78 is 38.0. The quantitative estimate of drug-likeness (QED) is 0.145. The van der Waals surface area contributed by atoms with Gasteiger partial charge in [0.2, 0.25) is 0 Å². The van der Waals surface area contributed by atoms with Crippen LogP contribution in [0.25, 0.3) is 0 Å². The van der Waals surface area contributed by atoms with Gasteiger partial charge in [-0.2, -0.15) is 0 Å². The SMILES string of the molecule is CCCCCCCCCCCCCCCCC1N(Cc2ccccc2)c2ccccc2N1S(=O)(=O)[O-].[K+]. The van der Waals surface area contributed by atoms with Crippen LogP contribution in [0.15, 0.2) is 54.6 Å². The van der Waals surface area contributed by atoms with Gasteiger partial charge in [-0.05, 0) is 30.5 Å². The molecule has 0 amide bonds. The third-order valence-electron chi connectivity index (χ3n) is 7.31. The molecule has 3 rings (SSSR count). The van der Waals surface area contributed by atoms with E-state index >= 15 is 0 Å². The summed E-state index contributed by atoms with van der Waals surface area (Å²) in [5.41, 5.74) is 2.42. The molecule has 1 aliphatic heterocycles. The first-order chi connectivity index (χ1) is 17.5. The summed E-state index contributed by atoms with van der Waals surface area (Å²) in [7, 11) is -4.62. The normalized spacial score (nSPS) is 15.0. The summed E-state index contributed by atoms with van der Waals surface area (Å²) in [5, 5.41) is 0. The van der Waals surface area contributed by atoms with Gasteiger partial charge in [-0.15, -0.1) is 0 Å². The third-order valence-corrected chi connectivity index (χ3v) is 8.23. The maximum absolute atomic E-state index is 12.3. The summed E-state index contributed by atoms with van der Waals surface area (Å²) in [6.07, 6.45) is 18.1. The topological polar surface area (TPSA) is 63.7 Å². The van der Waals surface area contributed by atoms with Gasteiger partial charge in [-0.3, -0.25) is 4.31 Å². The zero-order valence-corrected chi connectivity index (χ0v) is 27.1. The predicted octanol–water partition coefficient (Wildman–Crippen LogP) is 5.17. The average molecular weight is 553 g/mol. The smallest absolute Gasteiger partial charge is 0.731 e. The zero-order valence-electron chi connectivity index (χ0n) is 23.1. The standard InChI is InChI=1S/C30H46N2O3S.K/c1-2-3-4-5-6-7-8-9-10-11-12-13-14-18-25-30-31(26-27-21-16-15-17-22-27)28-23-19-20-24-29(28)32(30)36(33,34)35;/h15-17,19-24,30H,2-14,18,25-26H2,1H3,(H,33,34,35);/q;+1/p-1. The van der Waals surface area contributed by atoms with Crippen molar-refractivity contribution in [3.05, 3.63) is 60.2 Å². The van der Waals surface area contributed by atoms with E-state index in [1.54, 1.807) is 12.1 Å². The largest absolute Gasteiger partial charge is 1.00 e. The zero-order chi connectivity index (χ0) is 25.6. The molecule has 0 saturated carbocycles. The van der Waals surface area contributed by atoms with Crippen LogP contribution in [0.3, 0.4) is 0 Å². The molecule has 0 fully saturated rings. The predicted molar refractivity (Wildman–Crippen MR) is 150 cm³/mol. The molecule has 0 aliphatic carbocycles. The van der Waals surface area contributed by atoms with Crippen molar-refractivity contribution in [3.8, 4) is 0 Å². The van der Waals surface area contributed by atoms with Crippen molar-refractivity contribution in [1.82, 2.24) is 0 Å². The van der Waals surface area contributed by atoms with Crippen LogP contribution in [0.5, 0.6) is 0 Å². The van der Waals surface area contributed by atoms with Crippen LogP contribution < -0.4 is 60.6 Å². The van der Waals surface area contributed by atoms with Crippen LogP contribution >= 0.6 is 0 Å². The van der Waals surface area contributed by atoms with E-state index in [0.717, 1.165) is 28.4 Å². The number of anilines is 2. The molecule has 2 aromatic carbocycles. The van der Waals surface area contributed by atoms with Crippen molar-refractivity contribution in [2.45, 2.75) is 116 Å². The first kappa shape index (κ1) is 32.8. The van der Waals surface area contributed by atoms with Gasteiger partial charge in [0, 0.05) is 6.54 Å². The number of nitrogens with zero attached hydrogens (tertiary/aromatic N) is 2. The van der Waals surface area contributed by atoms with Gasteiger partial charge in [0.05, 0.1) is 11.4 Å². The molecule has 2 aromatic rings. The first-order valence-corrected chi connectivity index (χ1v) is 15.5. The number of fused-ring (bicyclic) bond motifs is 1. The molecule has 0 saturated heterocycles. The second kappa shape index (κ2) is 18.0. The summed E-state index contributed by atoms with van der Waals surface area (Å²) in [5.74, 6) is 0. The van der Waals surface area contributed by atoms with E-state index in [1.807, 2.05) is 42.5 Å². The molecule has 0 spiro atoms. The van der Waals surface area contributed by atoms with E-state index in [-0.39, 0.29) is 51.4 Å². The second-order valence-electron chi connectivity index (χ2n) is 10.2. The van der Waals surface area contributed by atoms with Crippen molar-refractivity contribution in [2.75, 3.05) is 9.21 Å². The van der Waals surface area contributed by atoms with Crippen molar-refractivity contribution in [1.29, 1.82) is 0 Å². The number of rotatable bonds is 18. The summed E-state index contributed by atoms with van der Waals surface area (Å²) >= 11 is 0. The fraction of sp³-hybridized carbons (Fsp3) is 0.600. The summed E-state index contributed by atoms with van der Waals surface area (Å²) in [4.78, 5) is 2.09. The van der Waals surface area contributed by atoms with Gasteiger partial charge in [0.1, 0.15) is 6.17 Å². The molecular formula is C30H45KN2O3S. The molecule has 0 N–H and O–H groups in total. The number of unbranched alkanes of at least 4 members (excludes halogenated alkanes) is 13. The summed E-state index contributed by atoms with van der Waals surface area (Å²) in [6, 6.07) is 17.4. The van der Waals surface area contributed by atoms with Crippen LogP contribution in [0, 0.1) is 0 Å². The fourth-order valence-corrected chi connectivity index (χ4v) is 6.29. The number of para-hydroxylation sites is 2. The monoisotopic (exact) mass is 552 g/mol. The molecule has 0 aromatic heterocycles. The minimum absolute atomic E-state index is 0. The van der Waals surface area contributed by atoms with Crippen LogP contribution in [-0.4, -0.2) is 19.1 Å². The Kier molecular flexibility index (Phi) is 16.0. The van der Waals surface area contributed by atoms with Crippen LogP contribution in [0.4, 0.5) is 11.4 Å². The van der Waals surface area contributed by atoms with Crippen LogP contribution in [0.1, 0.15) is 109 Å². The summed E-state index contributed by atoms with van der Waals surface area (Å²) in [6.45, 7) is 2.84. The molecule has 1 heterocycles. The average Bonchev–Trinajstić information content (AvgIpc) is 3.18. The van der Waals surface area contributed by atoms with Crippen molar-refractivity contribution in [2.24, 2.45) is 0 Å². The van der Waals surface area contributed by atoms with Crippen molar-refractivity contribution < 1.29 is 64.4 Å². The minimum Gasteiger partial charge on any atom is -0.731 e.